The molecule has 14 heteroatoms. The number of hydrogen-bond donors (Lipinski definition) is 3. The van der Waals surface area contributed by atoms with E-state index in [0.717, 1.165) is 44.5 Å². The first-order chi connectivity index (χ1) is 30.0. The summed E-state index contributed by atoms with van der Waals surface area (Å²) in [5, 5.41) is 16.7. The van der Waals surface area contributed by atoms with E-state index >= 15 is 0 Å². The standard InChI is InChI=1S/C49H62N6O8/c1-9-54-40-15-14-32-22-36(40)37(43(54)35-12-10-16-50-41(35)29(4)61-8)25-48(5,6)27-62-46(59)38-13-11-17-55(52-38)45(58)39(20-30-18-33(32)21-34(56)19-30)51-44(57)42(28(2)3)53(7)47(60)49-23-31(24-49)26-63-49/h10,12,14-16,18-19,21-22,28-29,31,38-39,42,52,56H,9,11,13,17,20,23-27H2,1-8H3,(H,51,57)/t29-,31?,38-,39-,42?,49?/m0/s1. The van der Waals surface area contributed by atoms with E-state index in [-0.39, 0.29) is 36.7 Å². The van der Waals surface area contributed by atoms with Gasteiger partial charge in [-0.05, 0) is 116 Å². The molecule has 3 saturated heterocycles. The molecular weight excluding hydrogens is 801 g/mol. The minimum absolute atomic E-state index is 0.00942. The number of aryl methyl sites for hydroxylation is 1. The summed E-state index contributed by atoms with van der Waals surface area (Å²) >= 11 is 0. The smallest absolute Gasteiger partial charge is 0.324 e. The molecule has 63 heavy (non-hydrogen) atoms. The molecule has 3 N–H and O–H groups in total. The van der Waals surface area contributed by atoms with Crippen LogP contribution in [0.5, 0.6) is 5.75 Å². The Morgan fingerprint density at radius 2 is 1.87 bits per heavy atom. The van der Waals surface area contributed by atoms with Gasteiger partial charge in [-0.3, -0.25) is 29.2 Å². The fourth-order valence-corrected chi connectivity index (χ4v) is 10.3. The monoisotopic (exact) mass is 862 g/mol. The quantitative estimate of drug-likeness (QED) is 0.167. The number of carbonyl (C=O) groups excluding carboxylic acids is 4. The minimum atomic E-state index is -1.12. The molecule has 8 bridgehead atoms. The Morgan fingerprint density at radius 1 is 1.10 bits per heavy atom. The molecule has 4 atom stereocenters. The highest BCUT2D eigenvalue weighted by Crippen LogP contribution is 2.49. The third kappa shape index (κ3) is 8.45. The van der Waals surface area contributed by atoms with Gasteiger partial charge in [0, 0.05) is 61.7 Å². The number of aromatic hydroxyl groups is 1. The predicted octanol–water partition coefficient (Wildman–Crippen LogP) is 6.11. The molecule has 1 saturated carbocycles. The van der Waals surface area contributed by atoms with E-state index in [1.54, 1.807) is 32.5 Å². The van der Waals surface area contributed by atoms with Gasteiger partial charge in [-0.15, -0.1) is 0 Å². The molecule has 4 aliphatic heterocycles. The SMILES string of the molecule is CCn1c(-c2cccnc2[C@H](C)OC)c2c3cc(ccc31)-c1cc(O)cc(c1)C[C@H](NC(=O)C(C(C)C)N(C)C(=O)C13CC(CO1)C3)C(=O)N1CCC[C@H](N1)C(=O)OCC(C)(C)C2. The highest BCUT2D eigenvalue weighted by atomic mass is 16.5. The van der Waals surface area contributed by atoms with E-state index in [4.69, 9.17) is 19.2 Å². The van der Waals surface area contributed by atoms with E-state index in [2.05, 4.69) is 54.3 Å². The van der Waals surface area contributed by atoms with Crippen LogP contribution in [0.15, 0.2) is 54.7 Å². The van der Waals surface area contributed by atoms with Crippen LogP contribution in [-0.4, -0.2) is 106 Å². The van der Waals surface area contributed by atoms with Crippen LogP contribution in [-0.2, 0) is 52.8 Å². The summed E-state index contributed by atoms with van der Waals surface area (Å²) in [5.41, 5.74) is 8.79. The number of cyclic esters (lactones) is 1. The Hall–Kier alpha value is -5.31. The molecule has 2 aromatic carbocycles. The van der Waals surface area contributed by atoms with Crippen molar-refractivity contribution in [3.63, 3.8) is 0 Å². The molecular formula is C49H62N6O8. The van der Waals surface area contributed by atoms with Crippen LogP contribution < -0.4 is 10.7 Å². The third-order valence-corrected chi connectivity index (χ3v) is 13.5. The van der Waals surface area contributed by atoms with Crippen LogP contribution in [0.25, 0.3) is 33.3 Å². The lowest BCUT2D eigenvalue weighted by Gasteiger charge is -2.41. The summed E-state index contributed by atoms with van der Waals surface area (Å²) in [6.45, 7) is 13.7. The molecule has 5 aliphatic rings. The van der Waals surface area contributed by atoms with Gasteiger partial charge in [0.2, 0.25) is 5.91 Å². The van der Waals surface area contributed by atoms with Crippen molar-refractivity contribution in [1.29, 1.82) is 0 Å². The normalized spacial score (nSPS) is 24.3. The summed E-state index contributed by atoms with van der Waals surface area (Å²) < 4.78 is 20.1. The fraction of sp³-hybridized carbons (Fsp3) is 0.531. The van der Waals surface area contributed by atoms with Gasteiger partial charge in [0.05, 0.1) is 30.7 Å². The maximum atomic E-state index is 14.7. The van der Waals surface area contributed by atoms with Crippen molar-refractivity contribution in [2.24, 2.45) is 17.3 Å². The van der Waals surface area contributed by atoms with Crippen molar-refractivity contribution >= 4 is 34.6 Å². The van der Waals surface area contributed by atoms with Crippen molar-refractivity contribution < 1.29 is 38.5 Å². The van der Waals surface area contributed by atoms with E-state index in [0.29, 0.717) is 63.3 Å². The summed E-state index contributed by atoms with van der Waals surface area (Å²) in [6.07, 6.45) is 4.36. The Balaban J connectivity index is 1.22. The number of phenols is 1. The molecule has 0 radical (unpaired) electrons. The molecule has 0 spiro atoms. The van der Waals surface area contributed by atoms with Gasteiger partial charge in [0.15, 0.2) is 0 Å². The molecule has 6 heterocycles. The summed E-state index contributed by atoms with van der Waals surface area (Å²) in [7, 11) is 3.31. The number of pyridine rings is 1. The van der Waals surface area contributed by atoms with Crippen LogP contribution in [0.3, 0.4) is 0 Å². The number of aromatic nitrogens is 2. The Morgan fingerprint density at radius 3 is 2.57 bits per heavy atom. The van der Waals surface area contributed by atoms with Crippen molar-refractivity contribution in [1.82, 2.24) is 30.2 Å². The second-order valence-electron chi connectivity index (χ2n) is 19.2. The van der Waals surface area contributed by atoms with Crippen LogP contribution in [0.2, 0.25) is 0 Å². The molecule has 1 aliphatic carbocycles. The van der Waals surface area contributed by atoms with Gasteiger partial charge < -0.3 is 34.1 Å². The first kappa shape index (κ1) is 44.3. The fourth-order valence-electron chi connectivity index (χ4n) is 10.3. The van der Waals surface area contributed by atoms with Crippen molar-refractivity contribution in [2.75, 3.05) is 33.9 Å². The molecule has 4 aromatic rings. The number of ether oxygens (including phenoxy) is 3. The number of likely N-dealkylation sites (N-methyl/N-ethyl adjacent to an activating group) is 1. The molecule has 336 valence electrons. The predicted molar refractivity (Wildman–Crippen MR) is 238 cm³/mol. The Labute approximate surface area is 369 Å². The number of hydrogen-bond acceptors (Lipinski definition) is 10. The minimum Gasteiger partial charge on any atom is -0.508 e. The van der Waals surface area contributed by atoms with Gasteiger partial charge in [-0.2, -0.15) is 0 Å². The lowest BCUT2D eigenvalue weighted by Crippen LogP contribution is -2.63. The molecule has 1 unspecified atom stereocenters. The van der Waals surface area contributed by atoms with E-state index in [1.807, 2.05) is 39.0 Å². The number of rotatable bonds is 9. The van der Waals surface area contributed by atoms with Crippen LogP contribution in [0, 0.1) is 17.3 Å². The van der Waals surface area contributed by atoms with Gasteiger partial charge >= 0.3 is 5.97 Å². The number of carbonyl (C=O) groups is 4. The number of nitrogens with one attached hydrogen (secondary N) is 2. The number of benzene rings is 2. The molecule has 9 rings (SSSR count). The van der Waals surface area contributed by atoms with Crippen molar-refractivity contribution in [2.45, 2.75) is 116 Å². The summed E-state index contributed by atoms with van der Waals surface area (Å²) in [5.74, 6) is -1.54. The van der Waals surface area contributed by atoms with E-state index < -0.39 is 46.9 Å². The van der Waals surface area contributed by atoms with Gasteiger partial charge in [0.25, 0.3) is 11.8 Å². The topological polar surface area (TPSA) is 165 Å². The zero-order valence-electron chi connectivity index (χ0n) is 37.8. The van der Waals surface area contributed by atoms with Crippen LogP contribution >= 0.6 is 0 Å². The van der Waals surface area contributed by atoms with E-state index in [1.165, 1.54) is 9.91 Å². The Kier molecular flexibility index (Phi) is 12.2. The number of phenolic OH excluding ortho intramolecular Hbond substituents is 1. The average molecular weight is 863 g/mol. The lowest BCUT2D eigenvalue weighted by molar-refractivity contribution is -0.160. The van der Waals surface area contributed by atoms with Crippen molar-refractivity contribution in [3.8, 4) is 28.1 Å². The maximum Gasteiger partial charge on any atom is 0.324 e. The van der Waals surface area contributed by atoms with Gasteiger partial charge in [-0.25, -0.2) is 5.43 Å². The molecule has 2 aromatic heterocycles. The summed E-state index contributed by atoms with van der Waals surface area (Å²) in [6, 6.07) is 12.8. The number of methoxy groups -OCH3 is 1. The zero-order valence-corrected chi connectivity index (χ0v) is 37.8. The largest absolute Gasteiger partial charge is 0.508 e. The highest BCUT2D eigenvalue weighted by Gasteiger charge is 2.59. The molecule has 14 nitrogen and oxygen atoms in total. The second kappa shape index (κ2) is 17.3. The van der Waals surface area contributed by atoms with Gasteiger partial charge in [0.1, 0.15) is 29.5 Å². The van der Waals surface area contributed by atoms with E-state index in [9.17, 15) is 24.3 Å². The zero-order chi connectivity index (χ0) is 45.0. The molecule has 4 fully saturated rings. The summed E-state index contributed by atoms with van der Waals surface area (Å²) in [4.78, 5) is 63.1. The second-order valence-corrected chi connectivity index (χ2v) is 19.2. The number of nitrogens with zero attached hydrogens (tertiary/aromatic N) is 4. The highest BCUT2D eigenvalue weighted by molar-refractivity contribution is 5.96. The number of fused-ring (bicyclic) bond motifs is 7. The number of esters is 1. The maximum absolute atomic E-state index is 14.7. The third-order valence-electron chi connectivity index (χ3n) is 13.5. The first-order valence-electron chi connectivity index (χ1n) is 22.4. The lowest BCUT2D eigenvalue weighted by atomic mass is 9.73. The van der Waals surface area contributed by atoms with Crippen LogP contribution in [0.4, 0.5) is 0 Å². The molecule has 3 amide bonds. The van der Waals surface area contributed by atoms with Crippen molar-refractivity contribution in [3.05, 3.63) is 71.5 Å². The van der Waals surface area contributed by atoms with Crippen LogP contribution in [0.1, 0.15) is 90.2 Å². The number of amides is 3. The Bertz CT molecular complexity index is 2410. The average Bonchev–Trinajstić information content (AvgIpc) is 3.96. The number of hydrazine groups is 1. The first-order valence-corrected chi connectivity index (χ1v) is 22.4. The van der Waals surface area contributed by atoms with Gasteiger partial charge in [-0.1, -0.05) is 39.8 Å².